The van der Waals surface area contributed by atoms with Gasteiger partial charge in [0.05, 0.1) is 69.8 Å². The number of carboxylic acids is 1. The first-order valence-corrected chi connectivity index (χ1v) is 23.6. The zero-order chi connectivity index (χ0) is 50.0. The highest BCUT2D eigenvalue weighted by Gasteiger charge is 2.35. The van der Waals surface area contributed by atoms with Crippen LogP contribution in [0.5, 0.6) is 5.75 Å². The Kier molecular flexibility index (Phi) is 19.9. The Labute approximate surface area is 406 Å². The summed E-state index contributed by atoms with van der Waals surface area (Å²) in [5.41, 5.74) is 14.2. The molecule has 2 aliphatic rings. The number of nitrogens with zero attached hydrogens (tertiary/aromatic N) is 13. The fraction of sp³-hybridized carbons (Fsp3) is 0.600. The fourth-order valence-corrected chi connectivity index (χ4v) is 7.94. The topological polar surface area (TPSA) is 317 Å². The zero-order valence-electron chi connectivity index (χ0n) is 39.8. The number of aliphatic hydroxyl groups excluding tert-OH is 1. The average Bonchev–Trinajstić information content (AvgIpc) is 4.07. The van der Waals surface area contributed by atoms with Crippen LogP contribution in [0.4, 0.5) is 17.8 Å². The van der Waals surface area contributed by atoms with Crippen LogP contribution in [0, 0.1) is 18.3 Å². The molecule has 2 aliphatic heterocycles. The molecule has 5 heterocycles. The number of hydrogen-bond donors (Lipinski definition) is 6. The number of benzene rings is 1. The number of piperazine rings is 2. The number of ether oxygens (including phenoxy) is 3. The molecule has 0 radical (unpaired) electrons. The average molecular weight is 975 g/mol. The lowest BCUT2D eigenvalue weighted by Crippen LogP contribution is -2.52. The second kappa shape index (κ2) is 26.4. The van der Waals surface area contributed by atoms with Gasteiger partial charge >= 0.3 is 5.97 Å². The van der Waals surface area contributed by atoms with Crippen LogP contribution in [0.25, 0.3) is 0 Å². The molecular formula is C45H66N16O9. The predicted molar refractivity (Wildman–Crippen MR) is 254 cm³/mol. The van der Waals surface area contributed by atoms with E-state index < -0.39 is 30.1 Å². The van der Waals surface area contributed by atoms with Gasteiger partial charge in [-0.15, -0.1) is 16.6 Å². The second-order valence-electron chi connectivity index (χ2n) is 17.1. The number of phenols is 1. The Balaban J connectivity index is 1.12. The molecule has 70 heavy (non-hydrogen) atoms. The van der Waals surface area contributed by atoms with Gasteiger partial charge in [0.1, 0.15) is 30.1 Å². The number of hydrogen-bond acceptors (Lipinski definition) is 20. The van der Waals surface area contributed by atoms with Gasteiger partial charge in [-0.3, -0.25) is 14.4 Å². The molecule has 4 aromatic rings. The Morgan fingerprint density at radius 2 is 1.34 bits per heavy atom. The summed E-state index contributed by atoms with van der Waals surface area (Å²) in [4.78, 5) is 61.9. The normalized spacial score (nSPS) is 16.3. The largest absolute Gasteiger partial charge is 0.508 e. The van der Waals surface area contributed by atoms with Crippen molar-refractivity contribution in [1.29, 1.82) is 0 Å². The summed E-state index contributed by atoms with van der Waals surface area (Å²) in [6.45, 7) is 9.16. The first-order chi connectivity index (χ1) is 33.9. The van der Waals surface area contributed by atoms with E-state index in [0.717, 1.165) is 12.0 Å². The third kappa shape index (κ3) is 14.7. The van der Waals surface area contributed by atoms with Gasteiger partial charge in [-0.25, -0.2) is 9.36 Å². The van der Waals surface area contributed by atoms with Crippen molar-refractivity contribution in [2.45, 2.75) is 63.7 Å². The molecule has 2 saturated heterocycles. The van der Waals surface area contributed by atoms with Crippen LogP contribution in [0.15, 0.2) is 36.7 Å². The van der Waals surface area contributed by atoms with Crippen molar-refractivity contribution in [3.05, 3.63) is 53.6 Å². The van der Waals surface area contributed by atoms with Crippen molar-refractivity contribution < 1.29 is 43.9 Å². The standard InChI is InChI=1S/C45H66N16O9/c1-4-21-68-23-25-70-26-24-69-22-12-48-43-49-44(51-45(50-43)59-19-15-57(16-20-59)42(67)40(31(3)5-2)61-29-37(53-55-61)35(47)30-62)58-17-13-56(14-18-58)41(66)38(10-11-39(64)65)60-28-36(52-54-60)34(46)27-32-6-8-33(63)9-7-32/h1,6-9,28-29,31,34-35,38,40,62-63H,5,10-27,30,46-47H2,2-3H3,(H,64,65)(H,48,49,50,51). The molecule has 1 aromatic carbocycles. The molecule has 0 spiro atoms. The maximum Gasteiger partial charge on any atom is 0.303 e. The maximum absolute atomic E-state index is 14.2. The van der Waals surface area contributed by atoms with Gasteiger partial charge in [-0.1, -0.05) is 48.7 Å². The number of nitrogens with two attached hydrogens (primary N) is 2. The van der Waals surface area contributed by atoms with Crippen molar-refractivity contribution in [2.24, 2.45) is 17.4 Å². The number of carbonyl (C=O) groups excluding carboxylic acids is 2. The Hall–Kier alpha value is -6.56. The van der Waals surface area contributed by atoms with Crippen molar-refractivity contribution in [1.82, 2.24) is 54.7 Å². The number of carboxylic acid groups (broad SMARTS) is 1. The van der Waals surface area contributed by atoms with Crippen LogP contribution in [0.2, 0.25) is 0 Å². The van der Waals surface area contributed by atoms with E-state index >= 15 is 0 Å². The SMILES string of the molecule is C#CCOCCOCCOCCNc1nc(N2CCN(C(=O)C(CCC(=O)O)n3cc(C(N)Cc4ccc(O)cc4)nn3)CC2)nc(N2CCN(C(=O)C(C(C)CC)n3cc(C(N)CO)nn3)CC2)n1. The Morgan fingerprint density at radius 1 is 0.786 bits per heavy atom. The Bertz CT molecular complexity index is 2310. The third-order valence-electron chi connectivity index (χ3n) is 12.2. The molecule has 25 nitrogen and oxygen atoms in total. The van der Waals surface area contributed by atoms with Gasteiger partial charge in [-0.2, -0.15) is 15.0 Å². The van der Waals surface area contributed by atoms with E-state index in [2.05, 4.69) is 31.9 Å². The van der Waals surface area contributed by atoms with Crippen LogP contribution in [0.1, 0.15) is 74.2 Å². The number of phenolic OH excluding ortho intramolecular Hbond substituents is 1. The molecule has 8 N–H and O–H groups in total. The predicted octanol–water partition coefficient (Wildman–Crippen LogP) is -0.220. The van der Waals surface area contributed by atoms with Crippen LogP contribution < -0.4 is 26.6 Å². The summed E-state index contributed by atoms with van der Waals surface area (Å²) in [5, 5.41) is 48.9. The summed E-state index contributed by atoms with van der Waals surface area (Å²) in [6, 6.07) is 3.85. The lowest BCUT2D eigenvalue weighted by atomic mass is 9.97. The number of anilines is 3. The number of aromatic hydroxyl groups is 1. The van der Waals surface area contributed by atoms with Gasteiger partial charge in [0, 0.05) is 65.3 Å². The van der Waals surface area contributed by atoms with E-state index in [1.54, 1.807) is 51.1 Å². The van der Waals surface area contributed by atoms with E-state index in [1.165, 1.54) is 4.68 Å². The van der Waals surface area contributed by atoms with Gasteiger partial charge in [0.25, 0.3) is 0 Å². The molecule has 6 rings (SSSR count). The van der Waals surface area contributed by atoms with Crippen molar-refractivity contribution in [3.63, 3.8) is 0 Å². The van der Waals surface area contributed by atoms with E-state index in [4.69, 9.17) is 47.1 Å². The van der Waals surface area contributed by atoms with E-state index in [9.17, 15) is 29.7 Å². The van der Waals surface area contributed by atoms with Gasteiger partial charge in [0.15, 0.2) is 0 Å². The van der Waals surface area contributed by atoms with Gasteiger partial charge in [-0.05, 0) is 36.5 Å². The summed E-state index contributed by atoms with van der Waals surface area (Å²) < 4.78 is 19.4. The lowest BCUT2D eigenvalue weighted by molar-refractivity contribution is -0.139. The number of aliphatic hydroxyl groups is 1. The molecular weight excluding hydrogens is 909 g/mol. The molecule has 0 bridgehead atoms. The minimum absolute atomic E-state index is 0.00700. The first kappa shape index (κ1) is 52.8. The number of carbonyl (C=O) groups is 3. The number of terminal acetylenes is 1. The summed E-state index contributed by atoms with van der Waals surface area (Å²) in [6.07, 6.45) is 9.27. The molecule has 5 unspecified atom stereocenters. The van der Waals surface area contributed by atoms with Gasteiger partial charge < -0.3 is 65.9 Å². The quantitative estimate of drug-likeness (QED) is 0.0332. The van der Waals surface area contributed by atoms with Gasteiger partial charge in [0.2, 0.25) is 29.7 Å². The fourth-order valence-electron chi connectivity index (χ4n) is 7.94. The van der Waals surface area contributed by atoms with Crippen LogP contribution in [-0.4, -0.2) is 193 Å². The Morgan fingerprint density at radius 3 is 1.93 bits per heavy atom. The minimum Gasteiger partial charge on any atom is -0.508 e. The smallest absolute Gasteiger partial charge is 0.303 e. The van der Waals surface area contributed by atoms with Crippen molar-refractivity contribution in [2.75, 3.05) is 120 Å². The molecule has 0 saturated carbocycles. The van der Waals surface area contributed by atoms with Crippen LogP contribution in [0.3, 0.4) is 0 Å². The summed E-state index contributed by atoms with van der Waals surface area (Å²) in [7, 11) is 0. The maximum atomic E-state index is 14.2. The van der Waals surface area contributed by atoms with Crippen LogP contribution >= 0.6 is 0 Å². The molecule has 2 fully saturated rings. The number of aliphatic carboxylic acids is 1. The monoisotopic (exact) mass is 975 g/mol. The van der Waals surface area contributed by atoms with E-state index in [1.807, 2.05) is 23.6 Å². The number of amides is 2. The first-order valence-electron chi connectivity index (χ1n) is 23.6. The second-order valence-corrected chi connectivity index (χ2v) is 17.1. The molecule has 380 valence electrons. The molecule has 2 amide bonds. The molecule has 5 atom stereocenters. The molecule has 0 aliphatic carbocycles. The van der Waals surface area contributed by atoms with E-state index in [0.29, 0.717) is 115 Å². The van der Waals surface area contributed by atoms with Crippen molar-refractivity contribution >= 4 is 35.6 Å². The highest BCUT2D eigenvalue weighted by atomic mass is 16.5. The number of rotatable bonds is 27. The lowest BCUT2D eigenvalue weighted by Gasteiger charge is -2.38. The number of nitrogens with one attached hydrogen (secondary N) is 1. The number of aromatic nitrogens is 9. The molecule has 25 heteroatoms. The highest BCUT2D eigenvalue weighted by Crippen LogP contribution is 2.27. The van der Waals surface area contributed by atoms with E-state index in [-0.39, 0.29) is 62.6 Å². The zero-order valence-corrected chi connectivity index (χ0v) is 39.8. The summed E-state index contributed by atoms with van der Waals surface area (Å²) in [5.74, 6) is 2.17. The van der Waals surface area contributed by atoms with Crippen molar-refractivity contribution in [3.8, 4) is 18.1 Å². The molecule has 3 aromatic heterocycles. The minimum atomic E-state index is -1.05. The summed E-state index contributed by atoms with van der Waals surface area (Å²) >= 11 is 0. The highest BCUT2D eigenvalue weighted by molar-refractivity contribution is 5.82. The third-order valence-corrected chi connectivity index (χ3v) is 12.2. The van der Waals surface area contributed by atoms with Crippen LogP contribution in [-0.2, 0) is 35.0 Å².